The van der Waals surface area contributed by atoms with Crippen LogP contribution < -0.4 is 10.2 Å². The van der Waals surface area contributed by atoms with Crippen molar-refractivity contribution in [2.45, 2.75) is 31.7 Å². The van der Waals surface area contributed by atoms with Crippen molar-refractivity contribution in [2.24, 2.45) is 0 Å². The summed E-state index contributed by atoms with van der Waals surface area (Å²) < 4.78 is 45.7. The van der Waals surface area contributed by atoms with Crippen LogP contribution in [0.2, 0.25) is 0 Å². The van der Waals surface area contributed by atoms with Crippen molar-refractivity contribution in [3.63, 3.8) is 0 Å². The van der Waals surface area contributed by atoms with Crippen molar-refractivity contribution in [1.29, 1.82) is 0 Å². The van der Waals surface area contributed by atoms with Gasteiger partial charge in [0, 0.05) is 41.3 Å². The largest absolute Gasteiger partial charge is 0.447 e. The first kappa shape index (κ1) is 18.8. The van der Waals surface area contributed by atoms with E-state index in [1.54, 1.807) is 0 Å². The van der Waals surface area contributed by atoms with Crippen molar-refractivity contribution >= 4 is 28.5 Å². The summed E-state index contributed by atoms with van der Waals surface area (Å²) in [5.74, 6) is -1.18. The number of anilines is 1. The second-order valence-corrected chi connectivity index (χ2v) is 8.18. The Labute approximate surface area is 152 Å². The van der Waals surface area contributed by atoms with Crippen LogP contribution in [-0.4, -0.2) is 46.9 Å². The summed E-state index contributed by atoms with van der Waals surface area (Å²) in [7, 11) is -0.919. The van der Waals surface area contributed by atoms with E-state index < -0.39 is 34.6 Å². The molecule has 1 aromatic rings. The van der Waals surface area contributed by atoms with Crippen LogP contribution in [-0.2, 0) is 20.3 Å². The lowest BCUT2D eigenvalue weighted by molar-refractivity contribution is -0.119. The predicted molar refractivity (Wildman–Crippen MR) is 92.5 cm³/mol. The molecule has 1 unspecified atom stereocenters. The fourth-order valence-electron chi connectivity index (χ4n) is 3.37. The molecule has 2 aliphatic heterocycles. The summed E-state index contributed by atoms with van der Waals surface area (Å²) in [6.45, 7) is 1.49. The highest BCUT2D eigenvalue weighted by Crippen LogP contribution is 2.35. The average molecular weight is 386 g/mol. The molecule has 1 aromatic carbocycles. The van der Waals surface area contributed by atoms with E-state index in [1.807, 2.05) is 0 Å². The van der Waals surface area contributed by atoms with Gasteiger partial charge >= 0.3 is 6.09 Å². The average Bonchev–Trinajstić information content (AvgIpc) is 2.94. The minimum absolute atomic E-state index is 0.0172. The van der Waals surface area contributed by atoms with E-state index >= 15 is 0 Å². The number of carbonyl (C=O) groups is 2. The molecule has 2 heterocycles. The number of hydrogen-bond donors (Lipinski definition) is 1. The van der Waals surface area contributed by atoms with Crippen molar-refractivity contribution in [1.82, 2.24) is 5.32 Å². The van der Waals surface area contributed by atoms with Crippen LogP contribution in [0.3, 0.4) is 0 Å². The zero-order valence-electron chi connectivity index (χ0n) is 14.3. The van der Waals surface area contributed by atoms with Gasteiger partial charge in [-0.2, -0.15) is 0 Å². The molecular weight excluding hydrogens is 366 g/mol. The van der Waals surface area contributed by atoms with Gasteiger partial charge in [0.1, 0.15) is 18.2 Å². The van der Waals surface area contributed by atoms with Gasteiger partial charge in [0.05, 0.1) is 11.7 Å². The van der Waals surface area contributed by atoms with Crippen LogP contribution in [0.5, 0.6) is 0 Å². The zero-order valence-corrected chi connectivity index (χ0v) is 15.1. The molecule has 0 radical (unpaired) electrons. The van der Waals surface area contributed by atoms with E-state index in [9.17, 15) is 22.6 Å². The van der Waals surface area contributed by atoms with Crippen molar-refractivity contribution in [2.75, 3.05) is 29.6 Å². The number of ether oxygens (including phenoxy) is 1. The lowest BCUT2D eigenvalue weighted by Gasteiger charge is -2.25. The number of halogens is 2. The Bertz CT molecular complexity index is 725. The number of nitrogens with zero attached hydrogens (tertiary/aromatic N) is 1. The van der Waals surface area contributed by atoms with Crippen LogP contribution in [0.1, 0.15) is 31.2 Å². The number of nitrogens with one attached hydrogen (secondary N) is 1. The number of carbonyl (C=O) groups excluding carboxylic acids is 2. The van der Waals surface area contributed by atoms with Crippen LogP contribution in [0, 0.1) is 11.6 Å². The highest BCUT2D eigenvalue weighted by Gasteiger charge is 2.36. The van der Waals surface area contributed by atoms with E-state index in [-0.39, 0.29) is 36.2 Å². The zero-order chi connectivity index (χ0) is 18.8. The second-order valence-electron chi connectivity index (χ2n) is 6.48. The van der Waals surface area contributed by atoms with Crippen LogP contribution in [0.15, 0.2) is 12.1 Å². The summed E-state index contributed by atoms with van der Waals surface area (Å²) in [5, 5.41) is 2.58. The summed E-state index contributed by atoms with van der Waals surface area (Å²) in [5.41, 5.74) is 0.0393. The molecule has 0 aromatic heterocycles. The molecule has 9 heteroatoms. The van der Waals surface area contributed by atoms with Crippen LogP contribution >= 0.6 is 0 Å². The fourth-order valence-corrected chi connectivity index (χ4v) is 4.67. The Balaban J connectivity index is 1.85. The number of rotatable bonds is 4. The van der Waals surface area contributed by atoms with Gasteiger partial charge in [-0.3, -0.25) is 13.9 Å². The third kappa shape index (κ3) is 3.87. The van der Waals surface area contributed by atoms with E-state index in [2.05, 4.69) is 5.32 Å². The molecular formula is C17H20F2N2O4S. The maximum Gasteiger partial charge on any atom is 0.414 e. The SMILES string of the molecule is CC(=O)NCC1COC(=O)N1c1cc(F)c(C2CCS(=O)CC2)c(F)c1. The minimum atomic E-state index is -0.919. The number of hydrogen-bond acceptors (Lipinski definition) is 4. The molecule has 0 spiro atoms. The minimum Gasteiger partial charge on any atom is -0.447 e. The molecule has 2 amide bonds. The molecule has 1 N–H and O–H groups in total. The monoisotopic (exact) mass is 386 g/mol. The molecule has 0 aliphatic carbocycles. The van der Waals surface area contributed by atoms with Crippen molar-refractivity contribution in [3.8, 4) is 0 Å². The maximum atomic E-state index is 14.6. The first-order chi connectivity index (χ1) is 12.4. The highest BCUT2D eigenvalue weighted by molar-refractivity contribution is 7.85. The summed E-state index contributed by atoms with van der Waals surface area (Å²) >= 11 is 0. The third-order valence-electron chi connectivity index (χ3n) is 4.69. The second kappa shape index (κ2) is 7.69. The molecule has 0 saturated carbocycles. The molecule has 26 heavy (non-hydrogen) atoms. The maximum absolute atomic E-state index is 14.6. The lowest BCUT2D eigenvalue weighted by atomic mass is 9.92. The number of benzene rings is 1. The summed E-state index contributed by atoms with van der Waals surface area (Å²) in [6.07, 6.45) is 0.230. The third-order valence-corrected chi connectivity index (χ3v) is 6.07. The predicted octanol–water partition coefficient (Wildman–Crippen LogP) is 2.05. The van der Waals surface area contributed by atoms with Crippen LogP contribution in [0.25, 0.3) is 0 Å². The van der Waals surface area contributed by atoms with Gasteiger partial charge in [-0.05, 0) is 30.9 Å². The topological polar surface area (TPSA) is 75.7 Å². The first-order valence-electron chi connectivity index (χ1n) is 8.41. The van der Waals surface area contributed by atoms with Gasteiger partial charge in [-0.1, -0.05) is 0 Å². The van der Waals surface area contributed by atoms with Gasteiger partial charge in [0.15, 0.2) is 0 Å². The van der Waals surface area contributed by atoms with E-state index in [1.165, 1.54) is 6.92 Å². The Morgan fingerprint density at radius 3 is 2.50 bits per heavy atom. The molecule has 2 saturated heterocycles. The van der Waals surface area contributed by atoms with Crippen LogP contribution in [0.4, 0.5) is 19.3 Å². The van der Waals surface area contributed by atoms with E-state index in [4.69, 9.17) is 4.74 Å². The molecule has 6 nitrogen and oxygen atoms in total. The number of cyclic esters (lactones) is 1. The molecule has 1 atom stereocenters. The van der Waals surface area contributed by atoms with Crippen molar-refractivity contribution < 1.29 is 27.3 Å². The normalized spacial score (nSPS) is 25.9. The van der Waals surface area contributed by atoms with Gasteiger partial charge in [-0.15, -0.1) is 0 Å². The molecule has 2 aliphatic rings. The van der Waals surface area contributed by atoms with Gasteiger partial charge in [0.25, 0.3) is 0 Å². The Hall–Kier alpha value is -2.03. The number of amides is 2. The molecule has 0 bridgehead atoms. The lowest BCUT2D eigenvalue weighted by Crippen LogP contribution is -2.42. The first-order valence-corrected chi connectivity index (χ1v) is 9.90. The molecule has 142 valence electrons. The van der Waals surface area contributed by atoms with Crippen molar-refractivity contribution in [3.05, 3.63) is 29.3 Å². The van der Waals surface area contributed by atoms with Gasteiger partial charge in [0.2, 0.25) is 5.91 Å². The van der Waals surface area contributed by atoms with Gasteiger partial charge < -0.3 is 10.1 Å². The Morgan fingerprint density at radius 2 is 1.92 bits per heavy atom. The highest BCUT2D eigenvalue weighted by atomic mass is 32.2. The molecule has 3 rings (SSSR count). The summed E-state index contributed by atoms with van der Waals surface area (Å²) in [6, 6.07) is 1.71. The van der Waals surface area contributed by atoms with E-state index in [0.717, 1.165) is 17.0 Å². The fraction of sp³-hybridized carbons (Fsp3) is 0.529. The standard InChI is InChI=1S/C17H20F2N2O4S/c1-10(22)20-8-13-9-25-17(23)21(13)12-6-14(18)16(15(19)7-12)11-2-4-26(24)5-3-11/h6-7,11,13H,2-5,8-9H2,1H3,(H,20,22). The van der Waals surface area contributed by atoms with Gasteiger partial charge in [-0.25, -0.2) is 13.6 Å². The Kier molecular flexibility index (Phi) is 5.55. The quantitative estimate of drug-likeness (QED) is 0.859. The molecule has 2 fully saturated rings. The van der Waals surface area contributed by atoms with E-state index in [0.29, 0.717) is 24.3 Å². The summed E-state index contributed by atoms with van der Waals surface area (Å²) in [4.78, 5) is 24.2. The Morgan fingerprint density at radius 1 is 1.31 bits per heavy atom. The smallest absolute Gasteiger partial charge is 0.414 e.